The van der Waals surface area contributed by atoms with Gasteiger partial charge < -0.3 is 28.8 Å². The smallest absolute Gasteiger partial charge is 0.412 e. The number of amides is 1. The summed E-state index contributed by atoms with van der Waals surface area (Å²) >= 11 is 0. The van der Waals surface area contributed by atoms with Gasteiger partial charge in [-0.25, -0.2) is 13.6 Å². The minimum atomic E-state index is -5.22. The van der Waals surface area contributed by atoms with Crippen LogP contribution in [0, 0.1) is 11.6 Å². The zero-order valence-electron chi connectivity index (χ0n) is 18.9. The average molecular weight is 508 g/mol. The Morgan fingerprint density at radius 3 is 2.20 bits per heavy atom. The molecule has 14 heteroatoms. The number of benzene rings is 1. The lowest BCUT2D eigenvalue weighted by molar-refractivity contribution is -0.155. The van der Waals surface area contributed by atoms with E-state index in [0.29, 0.717) is 12.1 Å². The fourth-order valence-corrected chi connectivity index (χ4v) is 3.13. The average Bonchev–Trinajstić information content (AvgIpc) is 2.80. The van der Waals surface area contributed by atoms with E-state index in [0.717, 1.165) is 25.0 Å². The van der Waals surface area contributed by atoms with E-state index in [-0.39, 0.29) is 12.6 Å². The third-order valence-electron chi connectivity index (χ3n) is 4.81. The Morgan fingerprint density at radius 1 is 1.09 bits per heavy atom. The molecule has 1 aromatic carbocycles. The van der Waals surface area contributed by atoms with Crippen LogP contribution in [0.4, 0.5) is 22.0 Å². The van der Waals surface area contributed by atoms with Gasteiger partial charge in [-0.15, -0.1) is 0 Å². The second-order valence-corrected chi connectivity index (χ2v) is 6.91. The van der Waals surface area contributed by atoms with Crippen LogP contribution in [0.3, 0.4) is 0 Å². The number of methoxy groups -OCH3 is 4. The highest BCUT2D eigenvalue weighted by Crippen LogP contribution is 2.34. The quantitative estimate of drug-likeness (QED) is 0.315. The Bertz CT molecular complexity index is 1150. The minimum Gasteiger partial charge on any atom is -0.491 e. The van der Waals surface area contributed by atoms with Gasteiger partial charge in [-0.05, 0) is 6.07 Å². The van der Waals surface area contributed by atoms with Crippen molar-refractivity contribution in [2.24, 2.45) is 0 Å². The molecule has 192 valence electrons. The first kappa shape index (κ1) is 27.7. The third-order valence-corrected chi connectivity index (χ3v) is 4.81. The highest BCUT2D eigenvalue weighted by molar-refractivity contribution is 5.97. The van der Waals surface area contributed by atoms with Gasteiger partial charge in [0.05, 0.1) is 20.8 Å². The van der Waals surface area contributed by atoms with Gasteiger partial charge >= 0.3 is 12.1 Å². The lowest BCUT2D eigenvalue weighted by Gasteiger charge is -2.24. The fourth-order valence-electron chi connectivity index (χ4n) is 3.13. The van der Waals surface area contributed by atoms with Crippen molar-refractivity contribution in [1.82, 2.24) is 9.88 Å². The molecule has 1 unspecified atom stereocenters. The highest BCUT2D eigenvalue weighted by Gasteiger charge is 2.44. The molecular weight excluding hydrogens is 487 g/mol. The maximum Gasteiger partial charge on any atom is 0.412 e. The number of alkyl halides is 3. The van der Waals surface area contributed by atoms with Crippen LogP contribution < -0.4 is 15.5 Å². The molecule has 0 saturated heterocycles. The number of hydrogen-bond donors (Lipinski definition) is 1. The molecule has 1 N–H and O–H groups in total. The number of carbonyl (C=O) groups excluding carboxylic acids is 2. The summed E-state index contributed by atoms with van der Waals surface area (Å²) in [6.45, 7) is -0.316. The van der Waals surface area contributed by atoms with E-state index >= 15 is 0 Å². The molecule has 2 aromatic rings. The Morgan fingerprint density at radius 2 is 1.71 bits per heavy atom. The number of nitrogens with one attached hydrogen (secondary N) is 1. The lowest BCUT2D eigenvalue weighted by atomic mass is 10.0. The molecule has 0 radical (unpaired) electrons. The topological polar surface area (TPSA) is 105 Å². The molecule has 0 spiro atoms. The molecule has 2 rings (SSSR count). The number of ether oxygens (including phenoxy) is 4. The van der Waals surface area contributed by atoms with Gasteiger partial charge in [0.15, 0.2) is 23.8 Å². The molecule has 1 atom stereocenters. The monoisotopic (exact) mass is 508 g/mol. The van der Waals surface area contributed by atoms with Gasteiger partial charge in [-0.2, -0.15) is 13.2 Å². The van der Waals surface area contributed by atoms with Crippen molar-refractivity contribution >= 4 is 11.9 Å². The minimum absolute atomic E-state index is 0.219. The molecule has 0 aliphatic carbocycles. The van der Waals surface area contributed by atoms with Crippen molar-refractivity contribution in [2.45, 2.75) is 25.1 Å². The van der Waals surface area contributed by atoms with Crippen LogP contribution in [-0.2, 0) is 20.8 Å². The summed E-state index contributed by atoms with van der Waals surface area (Å²) in [5.41, 5.74) is -3.66. The first-order chi connectivity index (χ1) is 16.4. The van der Waals surface area contributed by atoms with Crippen molar-refractivity contribution in [1.29, 1.82) is 0 Å². The van der Waals surface area contributed by atoms with Crippen LogP contribution in [-0.4, -0.2) is 57.3 Å². The Labute approximate surface area is 195 Å². The van der Waals surface area contributed by atoms with Crippen molar-refractivity contribution in [2.75, 3.05) is 28.4 Å². The Kier molecular flexibility index (Phi) is 8.93. The molecule has 0 aliphatic heterocycles. The van der Waals surface area contributed by atoms with Crippen molar-refractivity contribution < 1.29 is 50.5 Å². The molecule has 35 heavy (non-hydrogen) atoms. The molecule has 0 bridgehead atoms. The molecule has 0 fully saturated rings. The van der Waals surface area contributed by atoms with E-state index in [1.54, 1.807) is 0 Å². The summed E-state index contributed by atoms with van der Waals surface area (Å²) in [5, 5.41) is 1.54. The predicted octanol–water partition coefficient (Wildman–Crippen LogP) is 2.57. The van der Waals surface area contributed by atoms with E-state index in [9.17, 15) is 36.3 Å². The zero-order chi connectivity index (χ0) is 26.5. The number of halogens is 5. The molecular formula is C21H21F5N2O7. The molecule has 1 aromatic heterocycles. The van der Waals surface area contributed by atoms with E-state index in [1.807, 2.05) is 0 Å². The number of nitrogens with zero attached hydrogens (tertiary/aromatic N) is 1. The Balaban J connectivity index is 2.65. The lowest BCUT2D eigenvalue weighted by Crippen LogP contribution is -2.41. The first-order valence-electron chi connectivity index (χ1n) is 9.67. The van der Waals surface area contributed by atoms with Gasteiger partial charge in [0, 0.05) is 32.0 Å². The summed E-state index contributed by atoms with van der Waals surface area (Å²) in [6.07, 6.45) is -5.45. The maximum absolute atomic E-state index is 14.1. The van der Waals surface area contributed by atoms with Crippen LogP contribution in [0.5, 0.6) is 5.75 Å². The van der Waals surface area contributed by atoms with Gasteiger partial charge in [0.2, 0.25) is 5.43 Å². The number of hydrogen-bond acceptors (Lipinski definition) is 7. The van der Waals surface area contributed by atoms with Crippen molar-refractivity contribution in [3.63, 3.8) is 0 Å². The SMILES string of the molecule is COC(=O)c1c(OC)c(=O)c(C(=O)NC(c2ccc(F)cc2F)C(F)(F)F)cn1CC(OC)OC. The van der Waals surface area contributed by atoms with Crippen LogP contribution in [0.2, 0.25) is 0 Å². The van der Waals surface area contributed by atoms with Crippen LogP contribution in [0.1, 0.15) is 32.5 Å². The second kappa shape index (κ2) is 11.3. The number of rotatable bonds is 9. The normalized spacial score (nSPS) is 12.4. The molecule has 1 heterocycles. The molecule has 1 amide bonds. The van der Waals surface area contributed by atoms with E-state index in [4.69, 9.17) is 14.2 Å². The number of esters is 1. The fraction of sp³-hybridized carbons (Fsp3) is 0.381. The van der Waals surface area contributed by atoms with Crippen molar-refractivity contribution in [3.8, 4) is 5.75 Å². The Hall–Kier alpha value is -3.52. The zero-order valence-corrected chi connectivity index (χ0v) is 18.9. The third kappa shape index (κ3) is 6.14. The van der Waals surface area contributed by atoms with E-state index < -0.39 is 70.0 Å². The van der Waals surface area contributed by atoms with Gasteiger partial charge in [-0.3, -0.25) is 9.59 Å². The summed E-state index contributed by atoms with van der Waals surface area (Å²) in [4.78, 5) is 38.0. The maximum atomic E-state index is 14.1. The van der Waals surface area contributed by atoms with E-state index in [1.165, 1.54) is 19.5 Å². The molecule has 9 nitrogen and oxygen atoms in total. The highest BCUT2D eigenvalue weighted by atomic mass is 19.4. The predicted molar refractivity (Wildman–Crippen MR) is 109 cm³/mol. The van der Waals surface area contributed by atoms with Gasteiger partial charge in [0.25, 0.3) is 5.91 Å². The number of carbonyl (C=O) groups is 2. The standard InChI is InChI=1S/C21H21F5N2O7/c1-32-14(33-2)9-28-8-12(16(29)17(34-3)15(28)20(31)35-4)19(30)27-18(21(24,25)26)11-6-5-10(22)7-13(11)23/h5-8,14,18H,9H2,1-4H3,(H,27,30). The van der Waals surface area contributed by atoms with Crippen LogP contribution in [0.25, 0.3) is 0 Å². The van der Waals surface area contributed by atoms with Crippen molar-refractivity contribution in [3.05, 3.63) is 63.1 Å². The second-order valence-electron chi connectivity index (χ2n) is 6.91. The summed E-state index contributed by atoms with van der Waals surface area (Å²) in [5.74, 6) is -6.02. The number of aromatic nitrogens is 1. The summed E-state index contributed by atoms with van der Waals surface area (Å²) in [6, 6.07) is -1.61. The van der Waals surface area contributed by atoms with Crippen LogP contribution >= 0.6 is 0 Å². The van der Waals surface area contributed by atoms with Gasteiger partial charge in [0.1, 0.15) is 17.2 Å². The van der Waals surface area contributed by atoms with Crippen LogP contribution in [0.15, 0.2) is 29.2 Å². The van der Waals surface area contributed by atoms with Gasteiger partial charge in [-0.1, -0.05) is 6.07 Å². The van der Waals surface area contributed by atoms with E-state index in [2.05, 4.69) is 4.74 Å². The first-order valence-corrected chi connectivity index (χ1v) is 9.67. The summed E-state index contributed by atoms with van der Waals surface area (Å²) < 4.78 is 89.0. The molecule has 0 aliphatic rings. The summed E-state index contributed by atoms with van der Waals surface area (Å²) in [7, 11) is 4.51. The molecule has 0 saturated carbocycles. The largest absolute Gasteiger partial charge is 0.491 e. The number of pyridine rings is 1.